The van der Waals surface area contributed by atoms with Gasteiger partial charge in [-0.2, -0.15) is 9.78 Å². The number of pyridine rings is 1. The summed E-state index contributed by atoms with van der Waals surface area (Å²) in [6.45, 7) is 2.22. The van der Waals surface area contributed by atoms with E-state index in [-0.39, 0.29) is 12.2 Å². The van der Waals surface area contributed by atoms with Crippen molar-refractivity contribution in [1.29, 1.82) is 0 Å². The largest absolute Gasteiger partial charge is 0.470 e. The molecule has 0 aromatic carbocycles. The molecule has 0 aliphatic heterocycles. The second-order valence-electron chi connectivity index (χ2n) is 6.46. The molecule has 0 aliphatic rings. The number of nitrogens with zero attached hydrogens (tertiary/aromatic N) is 8. The van der Waals surface area contributed by atoms with Gasteiger partial charge in [0, 0.05) is 29.6 Å². The zero-order valence-corrected chi connectivity index (χ0v) is 16.4. The molecule has 0 unspecified atom stereocenters. The van der Waals surface area contributed by atoms with Crippen LogP contribution in [0.15, 0.2) is 42.9 Å². The molecular weight excluding hydrogens is 406 g/mol. The van der Waals surface area contributed by atoms with Gasteiger partial charge in [-0.3, -0.25) is 4.68 Å². The Hall–Kier alpha value is -4.20. The number of ether oxygens (including phenoxy) is 1. The fraction of sp³-hybridized carbons (Fsp3) is 0.200. The number of terminal acetylenes is 1. The molecule has 156 valence electrons. The van der Waals surface area contributed by atoms with Crippen LogP contribution in [-0.2, 0) is 13.2 Å². The van der Waals surface area contributed by atoms with Gasteiger partial charge in [0.15, 0.2) is 5.82 Å². The van der Waals surface area contributed by atoms with Gasteiger partial charge in [0.1, 0.15) is 18.8 Å². The summed E-state index contributed by atoms with van der Waals surface area (Å²) < 4.78 is 34.3. The molecule has 4 aromatic rings. The van der Waals surface area contributed by atoms with E-state index in [2.05, 4.69) is 36.5 Å². The van der Waals surface area contributed by atoms with Crippen molar-refractivity contribution in [2.75, 3.05) is 0 Å². The van der Waals surface area contributed by atoms with E-state index in [9.17, 15) is 8.78 Å². The summed E-state index contributed by atoms with van der Waals surface area (Å²) >= 11 is 0. The lowest BCUT2D eigenvalue weighted by atomic mass is 10.2. The first-order valence-corrected chi connectivity index (χ1v) is 9.13. The van der Waals surface area contributed by atoms with Crippen molar-refractivity contribution < 1.29 is 13.5 Å². The summed E-state index contributed by atoms with van der Waals surface area (Å²) in [5.74, 6) is 3.17. The molecular formula is C20H16F2N8O. The van der Waals surface area contributed by atoms with Gasteiger partial charge in [0.05, 0.1) is 17.6 Å². The topological polar surface area (TPSA) is 96.4 Å². The van der Waals surface area contributed by atoms with Crippen molar-refractivity contribution in [1.82, 2.24) is 40.0 Å². The molecule has 0 bridgehead atoms. The molecule has 9 nitrogen and oxygen atoms in total. The Labute approximate surface area is 175 Å². The van der Waals surface area contributed by atoms with Gasteiger partial charge in [-0.25, -0.2) is 13.8 Å². The molecule has 0 spiro atoms. The molecule has 4 aromatic heterocycles. The van der Waals surface area contributed by atoms with Crippen LogP contribution in [-0.4, -0.2) is 40.0 Å². The number of aryl methyl sites for hydroxylation is 1. The van der Waals surface area contributed by atoms with E-state index in [1.165, 1.54) is 16.8 Å². The third-order valence-corrected chi connectivity index (χ3v) is 4.38. The van der Waals surface area contributed by atoms with E-state index >= 15 is 0 Å². The molecule has 0 fully saturated rings. The highest BCUT2D eigenvalue weighted by molar-refractivity contribution is 5.56. The number of halogens is 2. The van der Waals surface area contributed by atoms with Crippen molar-refractivity contribution in [3.05, 3.63) is 59.8 Å². The predicted octanol–water partition coefficient (Wildman–Crippen LogP) is 2.77. The molecule has 0 atom stereocenters. The van der Waals surface area contributed by atoms with Gasteiger partial charge in [-0.15, -0.1) is 21.7 Å². The normalized spacial score (nSPS) is 10.9. The molecule has 0 saturated heterocycles. The van der Waals surface area contributed by atoms with Crippen LogP contribution in [0.3, 0.4) is 0 Å². The quantitative estimate of drug-likeness (QED) is 0.423. The van der Waals surface area contributed by atoms with Gasteiger partial charge in [0.2, 0.25) is 5.88 Å². The van der Waals surface area contributed by atoms with E-state index in [1.807, 2.05) is 0 Å². The van der Waals surface area contributed by atoms with Crippen LogP contribution in [0, 0.1) is 19.3 Å². The Bertz CT molecular complexity index is 1210. The SMILES string of the molecule is C#CCn1cc(-c2ccc(OCc3c(C)nnn3-c3ccc(C(F)F)cn3)nn2)cn1. The van der Waals surface area contributed by atoms with E-state index in [0.29, 0.717) is 35.3 Å². The van der Waals surface area contributed by atoms with Crippen molar-refractivity contribution in [3.8, 4) is 35.3 Å². The molecule has 0 N–H and O–H groups in total. The number of rotatable bonds is 7. The first kappa shape index (κ1) is 20.1. The third kappa shape index (κ3) is 4.37. The van der Waals surface area contributed by atoms with E-state index < -0.39 is 6.43 Å². The Morgan fingerprint density at radius 2 is 2.00 bits per heavy atom. The van der Waals surface area contributed by atoms with Crippen LogP contribution in [0.4, 0.5) is 8.78 Å². The maximum absolute atomic E-state index is 12.7. The molecule has 0 radical (unpaired) electrons. The lowest BCUT2D eigenvalue weighted by Gasteiger charge is -2.08. The Morgan fingerprint density at radius 1 is 1.13 bits per heavy atom. The maximum Gasteiger partial charge on any atom is 0.265 e. The van der Waals surface area contributed by atoms with Gasteiger partial charge >= 0.3 is 0 Å². The van der Waals surface area contributed by atoms with Gasteiger partial charge in [-0.1, -0.05) is 11.1 Å². The Balaban J connectivity index is 1.47. The monoisotopic (exact) mass is 422 g/mol. The molecule has 11 heteroatoms. The van der Waals surface area contributed by atoms with Crippen LogP contribution in [0.2, 0.25) is 0 Å². The Morgan fingerprint density at radius 3 is 2.68 bits per heavy atom. The van der Waals surface area contributed by atoms with E-state index in [1.54, 1.807) is 36.1 Å². The maximum atomic E-state index is 12.7. The first-order chi connectivity index (χ1) is 15.0. The highest BCUT2D eigenvalue weighted by Crippen LogP contribution is 2.20. The van der Waals surface area contributed by atoms with Gasteiger partial charge in [0.25, 0.3) is 6.43 Å². The van der Waals surface area contributed by atoms with Gasteiger partial charge in [-0.05, 0) is 25.1 Å². The molecule has 0 aliphatic carbocycles. The summed E-state index contributed by atoms with van der Waals surface area (Å²) in [4.78, 5) is 4.04. The second kappa shape index (κ2) is 8.66. The minimum absolute atomic E-state index is 0.0885. The van der Waals surface area contributed by atoms with Crippen molar-refractivity contribution in [2.24, 2.45) is 0 Å². The van der Waals surface area contributed by atoms with Crippen LogP contribution in [0.5, 0.6) is 5.88 Å². The lowest BCUT2D eigenvalue weighted by molar-refractivity contribution is 0.151. The van der Waals surface area contributed by atoms with Crippen LogP contribution >= 0.6 is 0 Å². The number of hydrogen-bond donors (Lipinski definition) is 0. The van der Waals surface area contributed by atoms with Crippen molar-refractivity contribution >= 4 is 0 Å². The summed E-state index contributed by atoms with van der Waals surface area (Å²) in [5.41, 5.74) is 2.47. The summed E-state index contributed by atoms with van der Waals surface area (Å²) in [7, 11) is 0. The number of hydrogen-bond acceptors (Lipinski definition) is 7. The first-order valence-electron chi connectivity index (χ1n) is 9.13. The summed E-state index contributed by atoms with van der Waals surface area (Å²) in [6.07, 6.45) is 7.24. The summed E-state index contributed by atoms with van der Waals surface area (Å²) in [6, 6.07) is 6.19. The smallest absolute Gasteiger partial charge is 0.265 e. The second-order valence-corrected chi connectivity index (χ2v) is 6.46. The van der Waals surface area contributed by atoms with Gasteiger partial charge < -0.3 is 4.74 Å². The van der Waals surface area contributed by atoms with Crippen molar-refractivity contribution in [3.63, 3.8) is 0 Å². The number of alkyl halides is 2. The average molecular weight is 422 g/mol. The van der Waals surface area contributed by atoms with Crippen molar-refractivity contribution in [2.45, 2.75) is 26.5 Å². The predicted molar refractivity (Wildman–Crippen MR) is 105 cm³/mol. The fourth-order valence-electron chi connectivity index (χ4n) is 2.75. The molecule has 4 heterocycles. The zero-order chi connectivity index (χ0) is 21.8. The van der Waals surface area contributed by atoms with Crippen LogP contribution in [0.25, 0.3) is 17.1 Å². The highest BCUT2D eigenvalue weighted by Gasteiger charge is 2.15. The number of aromatic nitrogens is 8. The van der Waals surface area contributed by atoms with E-state index in [4.69, 9.17) is 11.2 Å². The van der Waals surface area contributed by atoms with Crippen LogP contribution in [0.1, 0.15) is 23.4 Å². The minimum atomic E-state index is -2.59. The lowest BCUT2D eigenvalue weighted by Crippen LogP contribution is -2.09. The average Bonchev–Trinajstić information content (AvgIpc) is 3.40. The third-order valence-electron chi connectivity index (χ3n) is 4.38. The Kier molecular flexibility index (Phi) is 5.61. The summed E-state index contributed by atoms with van der Waals surface area (Å²) in [5, 5.41) is 20.4. The highest BCUT2D eigenvalue weighted by atomic mass is 19.3. The zero-order valence-electron chi connectivity index (χ0n) is 16.4. The van der Waals surface area contributed by atoms with E-state index in [0.717, 1.165) is 11.8 Å². The minimum Gasteiger partial charge on any atom is -0.470 e. The molecule has 0 amide bonds. The molecule has 31 heavy (non-hydrogen) atoms. The molecule has 0 saturated carbocycles. The fourth-order valence-corrected chi connectivity index (χ4v) is 2.75. The van der Waals surface area contributed by atoms with Crippen LogP contribution < -0.4 is 4.74 Å². The standard InChI is InChI=1S/C20H16F2N8O/c1-3-8-29-11-15(10-24-29)16-5-7-19(27-26-16)31-12-17-13(2)25-28-30(17)18-6-4-14(9-23-18)20(21)22/h1,4-7,9-11,20H,8,12H2,2H3. The molecule has 4 rings (SSSR count).